The van der Waals surface area contributed by atoms with Gasteiger partial charge in [-0.1, -0.05) is 494 Å². The van der Waals surface area contributed by atoms with Crippen molar-refractivity contribution < 1.29 is 0 Å². The topological polar surface area (TPSA) is 26.0 Å². The van der Waals surface area contributed by atoms with Crippen molar-refractivity contribution in [3.8, 4) is 0 Å². The first-order valence-corrected chi connectivity index (χ1v) is 34.2. The van der Waals surface area contributed by atoms with Gasteiger partial charge in [0.15, 0.2) is 5.50 Å². The molecule has 0 aliphatic carbocycles. The van der Waals surface area contributed by atoms with E-state index in [9.17, 15) is 0 Å². The van der Waals surface area contributed by atoms with Crippen molar-refractivity contribution in [1.29, 1.82) is 0 Å². The second-order valence-corrected chi connectivity index (χ2v) is 63.7. The van der Waals surface area contributed by atoms with Gasteiger partial charge in [0.05, 0.1) is 0 Å². The molecule has 0 unspecified atom stereocenters. The van der Waals surface area contributed by atoms with Gasteiger partial charge >= 0.3 is 0 Å². The van der Waals surface area contributed by atoms with Crippen LogP contribution in [0.25, 0.3) is 0 Å². The number of hydrogen-bond donors (Lipinski definition) is 1. The van der Waals surface area contributed by atoms with Crippen molar-refractivity contribution in [2.24, 2.45) is 5.73 Å². The molecule has 284 valence electrons. The van der Waals surface area contributed by atoms with E-state index in [1.165, 1.54) is 0 Å². The molecule has 32 heteroatoms. The zero-order valence-electron chi connectivity index (χ0n) is 19.8. The number of nitrogens with two attached hydrogens (primary N) is 1. The summed E-state index contributed by atoms with van der Waals surface area (Å²) in [6.45, 7) is 0. The SMILES string of the molecule is NC(Br)(Br)C(Br)(Br)C(Br)(Br)C(Br)(Br)C(Br)(Br)C(Br)(Br)C(Br)(Br)C(Br)(Br)C(Br)(Br)C(Br)(Br)C(Br)(Br)C(Br)(Br)C(Br)(Br)C(Br)(Br)C(Br)(Br)Br. The van der Waals surface area contributed by atoms with Crippen LogP contribution in [-0.4, -0.2) is 47.5 Å². The molecule has 0 heterocycles. The van der Waals surface area contributed by atoms with Crippen LogP contribution in [-0.2, 0) is 0 Å². The fourth-order valence-electron chi connectivity index (χ4n) is 2.56. The molecule has 0 aromatic carbocycles. The maximum Gasteiger partial charge on any atom is 0.162 e. The Kier molecular flexibility index (Phi) is 26.1. The molecular weight excluding hydrogens is 2670 g/mol. The van der Waals surface area contributed by atoms with E-state index in [4.69, 9.17) is 5.73 Å². The van der Waals surface area contributed by atoms with Crippen LogP contribution in [0.4, 0.5) is 0 Å². The smallest absolute Gasteiger partial charge is 0.162 e. The van der Waals surface area contributed by atoms with Crippen molar-refractivity contribution in [3.05, 3.63) is 0 Å². The van der Waals surface area contributed by atoms with Gasteiger partial charge in [-0.3, -0.25) is 0 Å². The molecular formula is C15H2Br31N. The summed E-state index contributed by atoms with van der Waals surface area (Å²) in [6.07, 6.45) is 0. The van der Waals surface area contributed by atoms with Gasteiger partial charge in [0.25, 0.3) is 0 Å². The second kappa shape index (κ2) is 19.8. The first-order valence-electron chi connectivity index (χ1n) is 9.65. The lowest BCUT2D eigenvalue weighted by molar-refractivity contribution is 0.527. The quantitative estimate of drug-likeness (QED) is 0.144. The van der Waals surface area contributed by atoms with Crippen LogP contribution in [0, 0.1) is 0 Å². The number of rotatable bonds is 13. The summed E-state index contributed by atoms with van der Waals surface area (Å²) in [6, 6.07) is 0. The normalized spacial score (nSPS) is 17.4. The van der Waals surface area contributed by atoms with E-state index in [0.29, 0.717) is 0 Å². The third-order valence-electron chi connectivity index (χ3n) is 5.51. The summed E-state index contributed by atoms with van der Waals surface area (Å²) in [5, 5.41) is 0. The fourth-order valence-corrected chi connectivity index (χ4v) is 32.7. The van der Waals surface area contributed by atoms with Crippen molar-refractivity contribution in [1.82, 2.24) is 0 Å². The van der Waals surface area contributed by atoms with Crippen LogP contribution in [0.15, 0.2) is 0 Å². The van der Waals surface area contributed by atoms with E-state index >= 15 is 0 Å². The average Bonchev–Trinajstić information content (AvgIpc) is 2.80. The third-order valence-corrected chi connectivity index (χ3v) is 70.3. The third kappa shape index (κ3) is 10.6. The number of hydrogen-bond acceptors (Lipinski definition) is 1. The fraction of sp³-hybridized carbons (Fsp3) is 1.00. The molecule has 0 rings (SSSR count). The van der Waals surface area contributed by atoms with E-state index in [1.54, 1.807) is 0 Å². The average molecular weight is 2670 g/mol. The summed E-state index contributed by atoms with van der Waals surface area (Å²) < 4.78 is -17.8. The van der Waals surface area contributed by atoms with Crippen molar-refractivity contribution in [2.75, 3.05) is 0 Å². The standard InChI is InChI=1S/C15H2Br31N/c16-1(17,2(18,19)4(22,23)6(26,27)8(30,31)10(34,35)12(38,39)14(42,43)44)3(20,21)5(24,25)7(28,29)9(32,33)11(36,37)13(40,41)15(45,46)47/h47H2. The number of halogens is 31. The minimum Gasteiger partial charge on any atom is -0.305 e. The van der Waals surface area contributed by atoms with Gasteiger partial charge in [-0.25, -0.2) is 0 Å². The zero-order chi connectivity index (χ0) is 39.5. The lowest BCUT2D eigenvalue weighted by atomic mass is 10.0. The Balaban J connectivity index is 7.61. The minimum atomic E-state index is -1.29. The van der Waals surface area contributed by atoms with Gasteiger partial charge < -0.3 is 5.73 Å². The molecule has 2 N–H and O–H groups in total. The molecule has 47 heavy (non-hydrogen) atoms. The maximum atomic E-state index is 6.46. The summed E-state index contributed by atoms with van der Waals surface area (Å²) in [4.78, 5) is 0. The molecule has 0 aliphatic heterocycles. The Morgan fingerprint density at radius 2 is 0.277 bits per heavy atom. The van der Waals surface area contributed by atoms with Gasteiger partial charge in [-0.15, -0.1) is 0 Å². The molecule has 0 saturated carbocycles. The predicted octanol–water partition coefficient (Wildman–Crippen LogP) is 22.5. The highest BCUT2D eigenvalue weighted by atomic mass is 80.0. The first kappa shape index (κ1) is 61.8. The van der Waals surface area contributed by atoms with Gasteiger partial charge in [-0.05, 0) is 0 Å². The molecule has 0 fully saturated rings. The largest absolute Gasteiger partial charge is 0.305 e. The molecule has 0 amide bonds. The molecule has 0 aromatic heterocycles. The summed E-state index contributed by atoms with van der Waals surface area (Å²) in [7, 11) is 0. The Labute approximate surface area is 533 Å². The lowest BCUT2D eigenvalue weighted by Crippen LogP contribution is -2.73. The Morgan fingerprint density at radius 1 is 0.170 bits per heavy atom. The van der Waals surface area contributed by atoms with Crippen LogP contribution in [0.5, 0.6) is 0 Å². The van der Waals surface area contributed by atoms with Crippen LogP contribution in [0.1, 0.15) is 0 Å². The molecule has 1 nitrogen and oxygen atoms in total. The van der Waals surface area contributed by atoms with Crippen molar-refractivity contribution in [2.45, 2.75) is 47.5 Å². The molecule has 0 aliphatic rings. The highest BCUT2D eigenvalue weighted by Gasteiger charge is 2.83. The predicted molar refractivity (Wildman–Crippen MR) is 322 cm³/mol. The van der Waals surface area contributed by atoms with Crippen LogP contribution < -0.4 is 5.73 Å². The van der Waals surface area contributed by atoms with Crippen LogP contribution >= 0.6 is 494 Å². The lowest BCUT2D eigenvalue weighted by Gasteiger charge is -2.61. The molecule has 0 spiro atoms. The van der Waals surface area contributed by atoms with Crippen LogP contribution in [0.3, 0.4) is 0 Å². The van der Waals surface area contributed by atoms with Gasteiger partial charge in [0.2, 0.25) is 0 Å². The molecule has 0 aromatic rings. The van der Waals surface area contributed by atoms with E-state index in [1.807, 2.05) is 0 Å². The van der Waals surface area contributed by atoms with Crippen molar-refractivity contribution >= 4 is 494 Å². The van der Waals surface area contributed by atoms with E-state index in [-0.39, 0.29) is 0 Å². The van der Waals surface area contributed by atoms with Crippen LogP contribution in [0.2, 0.25) is 0 Å². The monoisotopic (exact) mass is 2640 g/mol. The maximum absolute atomic E-state index is 6.46. The Hall–Kier alpha value is 14.8. The first-order chi connectivity index (χ1) is 19.5. The summed E-state index contributed by atoms with van der Waals surface area (Å²) in [5.41, 5.74) is 6.46. The Bertz CT molecular complexity index is 1060. The van der Waals surface area contributed by atoms with E-state index in [2.05, 4.69) is 494 Å². The van der Waals surface area contributed by atoms with E-state index < -0.39 is 47.5 Å². The molecule has 0 saturated heterocycles. The molecule has 0 radical (unpaired) electrons. The van der Waals surface area contributed by atoms with Gasteiger partial charge in [0, 0.05) is 0 Å². The van der Waals surface area contributed by atoms with Gasteiger partial charge in [0.1, 0.15) is 42.0 Å². The highest BCUT2D eigenvalue weighted by Crippen LogP contribution is 2.82. The van der Waals surface area contributed by atoms with Crippen molar-refractivity contribution in [3.63, 3.8) is 0 Å². The highest BCUT2D eigenvalue weighted by molar-refractivity contribution is 9.42. The Morgan fingerprint density at radius 3 is 0.383 bits per heavy atom. The summed E-state index contributed by atoms with van der Waals surface area (Å²) >= 11 is 119. The zero-order valence-corrected chi connectivity index (χ0v) is 69.0. The second-order valence-electron chi connectivity index (χ2n) is 8.59. The van der Waals surface area contributed by atoms with Gasteiger partial charge in [-0.2, -0.15) is 0 Å². The number of alkyl halides is 31. The summed E-state index contributed by atoms with van der Waals surface area (Å²) in [5.74, 6) is 0. The molecule has 0 atom stereocenters. The van der Waals surface area contributed by atoms with E-state index in [0.717, 1.165) is 0 Å². The molecule has 0 bridgehead atoms. The minimum absolute atomic E-state index is 0.889.